The predicted octanol–water partition coefficient (Wildman–Crippen LogP) is 3.41. The van der Waals surface area contributed by atoms with Crippen molar-refractivity contribution in [2.45, 2.75) is 6.92 Å². The predicted molar refractivity (Wildman–Crippen MR) is 70.0 cm³/mol. The van der Waals surface area contributed by atoms with E-state index in [1.54, 1.807) is 13.0 Å². The smallest absolute Gasteiger partial charge is 0.369 e. The van der Waals surface area contributed by atoms with E-state index < -0.39 is 11.8 Å². The van der Waals surface area contributed by atoms with Crippen molar-refractivity contribution >= 4 is 33.2 Å². The number of carbonyl (C=O) groups excluding carboxylic acids is 1. The van der Waals surface area contributed by atoms with Crippen molar-refractivity contribution in [3.05, 3.63) is 33.5 Å². The molecule has 0 aliphatic heterocycles. The van der Waals surface area contributed by atoms with Crippen LogP contribution in [0.2, 0.25) is 0 Å². The number of aromatic nitrogens is 2. The molecule has 0 radical (unpaired) electrons. The van der Waals surface area contributed by atoms with Crippen molar-refractivity contribution in [1.29, 1.82) is 0 Å². The number of hydrogen-bond donors (Lipinski definition) is 0. The molecule has 1 heterocycles. The highest BCUT2D eigenvalue weighted by Crippen LogP contribution is 2.28. The van der Waals surface area contributed by atoms with Gasteiger partial charge in [0.1, 0.15) is 0 Å². The Morgan fingerprint density at radius 1 is 1.47 bits per heavy atom. The lowest BCUT2D eigenvalue weighted by Gasteiger charge is -2.02. The number of halogens is 2. The van der Waals surface area contributed by atoms with Crippen molar-refractivity contribution in [2.75, 3.05) is 6.61 Å². The highest BCUT2D eigenvalue weighted by Gasteiger charge is 2.16. The maximum Gasteiger partial charge on any atom is 0.369 e. The Bertz CT molecular complexity index is 605. The van der Waals surface area contributed by atoms with Crippen LogP contribution in [0.4, 0.5) is 4.39 Å². The summed E-state index contributed by atoms with van der Waals surface area (Å²) in [5.41, 5.74) is 0. The molecule has 0 bridgehead atoms. The average molecular weight is 347 g/mol. The largest absolute Gasteiger partial charge is 0.461 e. The summed E-state index contributed by atoms with van der Waals surface area (Å²) in [5.74, 6) is -1.11. The quantitative estimate of drug-likeness (QED) is 0.794. The zero-order chi connectivity index (χ0) is 13.8. The molecule has 100 valence electrons. The number of benzene rings is 1. The number of carbonyl (C=O) groups is 1. The molecule has 2 aromatic rings. The zero-order valence-electron chi connectivity index (χ0n) is 9.72. The minimum absolute atomic E-state index is 0.00904. The van der Waals surface area contributed by atoms with Crippen LogP contribution in [0, 0.1) is 5.82 Å². The van der Waals surface area contributed by atoms with Gasteiger partial charge in [-0.25, -0.2) is 9.18 Å². The number of rotatable bonds is 4. The minimum Gasteiger partial charge on any atom is -0.461 e. The van der Waals surface area contributed by atoms with Crippen LogP contribution in [0.25, 0.3) is 0 Å². The van der Waals surface area contributed by atoms with E-state index >= 15 is 0 Å². The van der Waals surface area contributed by atoms with Crippen molar-refractivity contribution < 1.29 is 18.7 Å². The first kappa shape index (κ1) is 13.9. The van der Waals surface area contributed by atoms with Crippen molar-refractivity contribution in [3.8, 4) is 10.9 Å². The van der Waals surface area contributed by atoms with Gasteiger partial charge in [0.15, 0.2) is 11.6 Å². The molecule has 0 spiro atoms. The van der Waals surface area contributed by atoms with Gasteiger partial charge < -0.3 is 9.47 Å². The fourth-order valence-corrected chi connectivity index (χ4v) is 2.11. The molecule has 0 unspecified atom stereocenters. The Labute approximate surface area is 120 Å². The first-order valence-electron chi connectivity index (χ1n) is 5.23. The fourth-order valence-electron chi connectivity index (χ4n) is 1.18. The summed E-state index contributed by atoms with van der Waals surface area (Å²) in [7, 11) is 0. The molecular formula is C11H8BrFN2O3S. The van der Waals surface area contributed by atoms with Crippen LogP contribution in [0.15, 0.2) is 22.7 Å². The van der Waals surface area contributed by atoms with Crippen LogP contribution in [0.1, 0.15) is 16.7 Å². The Balaban J connectivity index is 2.13. The summed E-state index contributed by atoms with van der Waals surface area (Å²) < 4.78 is 24.1. The summed E-state index contributed by atoms with van der Waals surface area (Å²) in [6, 6.07) is 4.35. The molecule has 0 N–H and O–H groups in total. The van der Waals surface area contributed by atoms with Crippen LogP contribution >= 0.6 is 27.3 Å². The molecule has 0 amide bonds. The summed E-state index contributed by atoms with van der Waals surface area (Å²) in [4.78, 5) is 11.4. The van der Waals surface area contributed by atoms with E-state index in [2.05, 4.69) is 26.1 Å². The van der Waals surface area contributed by atoms with Crippen LogP contribution in [0.3, 0.4) is 0 Å². The fraction of sp³-hybridized carbons (Fsp3) is 0.182. The van der Waals surface area contributed by atoms with Crippen molar-refractivity contribution in [2.24, 2.45) is 0 Å². The van der Waals surface area contributed by atoms with Crippen LogP contribution in [0.5, 0.6) is 10.9 Å². The number of hydrogen-bond acceptors (Lipinski definition) is 6. The molecule has 0 fully saturated rings. The van der Waals surface area contributed by atoms with Gasteiger partial charge in [-0.2, -0.15) is 0 Å². The summed E-state index contributed by atoms with van der Waals surface area (Å²) in [6.07, 6.45) is 0. The van der Waals surface area contributed by atoms with E-state index in [9.17, 15) is 9.18 Å². The normalized spacial score (nSPS) is 10.3. The van der Waals surface area contributed by atoms with Gasteiger partial charge in [-0.15, -0.1) is 5.10 Å². The van der Waals surface area contributed by atoms with Gasteiger partial charge in [0.05, 0.1) is 6.61 Å². The second kappa shape index (κ2) is 6.07. The van der Waals surface area contributed by atoms with Gasteiger partial charge >= 0.3 is 5.97 Å². The van der Waals surface area contributed by atoms with Crippen LogP contribution in [-0.4, -0.2) is 22.8 Å². The Kier molecular flexibility index (Phi) is 4.43. The molecule has 0 aliphatic rings. The van der Waals surface area contributed by atoms with Gasteiger partial charge in [-0.1, -0.05) is 21.0 Å². The lowest BCUT2D eigenvalue weighted by Crippen LogP contribution is -2.03. The molecule has 5 nitrogen and oxygen atoms in total. The number of esters is 1. The molecule has 2 rings (SSSR count). The summed E-state index contributed by atoms with van der Waals surface area (Å²) >= 11 is 4.03. The molecule has 0 saturated heterocycles. The average Bonchev–Trinajstić information content (AvgIpc) is 2.82. The van der Waals surface area contributed by atoms with Gasteiger partial charge in [0.25, 0.3) is 5.19 Å². The highest BCUT2D eigenvalue weighted by molar-refractivity contribution is 9.10. The van der Waals surface area contributed by atoms with Crippen LogP contribution < -0.4 is 4.74 Å². The van der Waals surface area contributed by atoms with E-state index in [0.717, 1.165) is 11.3 Å². The van der Waals surface area contributed by atoms with E-state index in [4.69, 9.17) is 9.47 Å². The number of ether oxygens (including phenoxy) is 2. The molecule has 1 aromatic heterocycles. The van der Waals surface area contributed by atoms with Gasteiger partial charge in [-0.05, 0) is 36.5 Å². The van der Waals surface area contributed by atoms with E-state index in [0.29, 0.717) is 4.47 Å². The van der Waals surface area contributed by atoms with E-state index in [1.165, 1.54) is 12.1 Å². The molecule has 0 aliphatic carbocycles. The molecule has 8 heteroatoms. The second-order valence-corrected chi connectivity index (χ2v) is 5.13. The first-order valence-corrected chi connectivity index (χ1v) is 6.84. The zero-order valence-corrected chi connectivity index (χ0v) is 12.1. The molecule has 0 saturated carbocycles. The highest BCUT2D eigenvalue weighted by atomic mass is 79.9. The monoisotopic (exact) mass is 346 g/mol. The van der Waals surface area contributed by atoms with Crippen molar-refractivity contribution in [1.82, 2.24) is 10.2 Å². The lowest BCUT2D eigenvalue weighted by atomic mass is 10.3. The van der Waals surface area contributed by atoms with Gasteiger partial charge in [0.2, 0.25) is 5.01 Å². The third kappa shape index (κ3) is 3.48. The van der Waals surface area contributed by atoms with E-state index in [-0.39, 0.29) is 22.6 Å². The molecule has 19 heavy (non-hydrogen) atoms. The van der Waals surface area contributed by atoms with Crippen LogP contribution in [-0.2, 0) is 4.74 Å². The summed E-state index contributed by atoms with van der Waals surface area (Å²) in [6.45, 7) is 1.93. The second-order valence-electron chi connectivity index (χ2n) is 3.27. The molecular weight excluding hydrogens is 339 g/mol. The number of nitrogens with zero attached hydrogens (tertiary/aromatic N) is 2. The Morgan fingerprint density at radius 2 is 2.26 bits per heavy atom. The topological polar surface area (TPSA) is 61.3 Å². The summed E-state index contributed by atoms with van der Waals surface area (Å²) in [5, 5.41) is 7.40. The molecule has 0 atom stereocenters. The van der Waals surface area contributed by atoms with E-state index in [1.807, 2.05) is 0 Å². The molecule has 1 aromatic carbocycles. The Morgan fingerprint density at radius 3 is 2.95 bits per heavy atom. The lowest BCUT2D eigenvalue weighted by molar-refractivity contribution is 0.0525. The van der Waals surface area contributed by atoms with Crippen molar-refractivity contribution in [3.63, 3.8) is 0 Å². The van der Waals surface area contributed by atoms with Gasteiger partial charge in [0, 0.05) is 4.47 Å². The standard InChI is InChI=1S/C11H8BrFN2O3S/c1-2-17-10(16)9-14-15-11(19-9)18-8-4-3-6(12)5-7(8)13/h3-5H,2H2,1H3. The third-order valence-corrected chi connectivity index (χ3v) is 3.22. The maximum atomic E-state index is 13.5. The Hall–Kier alpha value is -1.54. The third-order valence-electron chi connectivity index (χ3n) is 1.95. The van der Waals surface area contributed by atoms with Gasteiger partial charge in [-0.3, -0.25) is 0 Å². The SMILES string of the molecule is CCOC(=O)c1nnc(Oc2ccc(Br)cc2F)s1. The maximum absolute atomic E-state index is 13.5. The minimum atomic E-state index is -0.578. The first-order chi connectivity index (χ1) is 9.10.